The van der Waals surface area contributed by atoms with Crippen LogP contribution < -0.4 is 11.5 Å². The lowest BCUT2D eigenvalue weighted by Crippen LogP contribution is -2.30. The highest BCUT2D eigenvalue weighted by atomic mass is 16.1. The lowest BCUT2D eigenvalue weighted by atomic mass is 10.0. The van der Waals surface area contributed by atoms with Crippen LogP contribution in [0.25, 0.3) is 0 Å². The van der Waals surface area contributed by atoms with Gasteiger partial charge in [-0.3, -0.25) is 4.79 Å². The van der Waals surface area contributed by atoms with Crippen molar-refractivity contribution in [3.63, 3.8) is 0 Å². The zero-order valence-electron chi connectivity index (χ0n) is 10.3. The van der Waals surface area contributed by atoms with Crippen LogP contribution in [0.4, 0.5) is 0 Å². The van der Waals surface area contributed by atoms with E-state index in [-0.39, 0.29) is 11.8 Å². The molecule has 0 bridgehead atoms. The molecule has 0 saturated carbocycles. The minimum Gasteiger partial charge on any atom is -0.330 e. The summed E-state index contributed by atoms with van der Waals surface area (Å²) in [5.74, 6) is 0.158. The van der Waals surface area contributed by atoms with Gasteiger partial charge >= 0.3 is 0 Å². The Morgan fingerprint density at radius 1 is 1.18 bits per heavy atom. The molecule has 0 radical (unpaired) electrons. The average Bonchev–Trinajstić information content (AvgIpc) is 2.37. The molecule has 3 nitrogen and oxygen atoms in total. The number of hydrogen-bond donors (Lipinski definition) is 2. The molecule has 3 heteroatoms. The van der Waals surface area contributed by atoms with E-state index in [0.29, 0.717) is 13.0 Å². The maximum absolute atomic E-state index is 11.8. The Kier molecular flexibility index (Phi) is 6.51. The van der Waals surface area contributed by atoms with Gasteiger partial charge in [-0.25, -0.2) is 0 Å². The van der Waals surface area contributed by atoms with E-state index in [1.165, 1.54) is 5.56 Å². The van der Waals surface area contributed by atoms with Crippen LogP contribution >= 0.6 is 0 Å². The first kappa shape index (κ1) is 13.9. The SMILES string of the molecule is NCCCCC(N)C(=O)CCc1ccccc1. The lowest BCUT2D eigenvalue weighted by Gasteiger charge is -2.10. The molecule has 1 rings (SSSR count). The molecule has 0 spiro atoms. The Balaban J connectivity index is 2.24. The molecule has 0 aliphatic heterocycles. The fraction of sp³-hybridized carbons (Fsp3) is 0.500. The van der Waals surface area contributed by atoms with Crippen LogP contribution in [0.5, 0.6) is 0 Å². The van der Waals surface area contributed by atoms with E-state index in [0.717, 1.165) is 25.7 Å². The van der Waals surface area contributed by atoms with Gasteiger partial charge in [-0.2, -0.15) is 0 Å². The molecule has 1 aromatic rings. The summed E-state index contributed by atoms with van der Waals surface area (Å²) in [4.78, 5) is 11.8. The Morgan fingerprint density at radius 3 is 2.53 bits per heavy atom. The van der Waals surface area contributed by atoms with Gasteiger partial charge in [0.25, 0.3) is 0 Å². The van der Waals surface area contributed by atoms with E-state index in [2.05, 4.69) is 0 Å². The molecule has 1 aromatic carbocycles. The molecule has 1 atom stereocenters. The number of rotatable bonds is 8. The molecular weight excluding hydrogens is 212 g/mol. The van der Waals surface area contributed by atoms with E-state index in [1.807, 2.05) is 30.3 Å². The number of ketones is 1. The third kappa shape index (κ3) is 5.61. The molecular formula is C14H22N2O. The summed E-state index contributed by atoms with van der Waals surface area (Å²) in [6, 6.07) is 9.71. The molecule has 17 heavy (non-hydrogen) atoms. The largest absolute Gasteiger partial charge is 0.330 e. The predicted octanol–water partition coefficient (Wildman–Crippen LogP) is 1.64. The maximum Gasteiger partial charge on any atom is 0.149 e. The van der Waals surface area contributed by atoms with Gasteiger partial charge in [0.15, 0.2) is 0 Å². The van der Waals surface area contributed by atoms with Crippen molar-refractivity contribution in [3.8, 4) is 0 Å². The topological polar surface area (TPSA) is 69.1 Å². The quantitative estimate of drug-likeness (QED) is 0.672. The van der Waals surface area contributed by atoms with Gasteiger partial charge in [-0.1, -0.05) is 36.8 Å². The first-order chi connectivity index (χ1) is 8.24. The second-order valence-electron chi connectivity index (χ2n) is 4.34. The summed E-state index contributed by atoms with van der Waals surface area (Å²) in [6.07, 6.45) is 3.96. The molecule has 0 heterocycles. The Morgan fingerprint density at radius 2 is 1.88 bits per heavy atom. The fourth-order valence-electron chi connectivity index (χ4n) is 1.77. The van der Waals surface area contributed by atoms with Crippen molar-refractivity contribution >= 4 is 5.78 Å². The average molecular weight is 234 g/mol. The molecule has 0 saturated heterocycles. The third-order valence-corrected chi connectivity index (χ3v) is 2.89. The van der Waals surface area contributed by atoms with Gasteiger partial charge in [-0.05, 0) is 31.4 Å². The highest BCUT2D eigenvalue weighted by Crippen LogP contribution is 2.06. The van der Waals surface area contributed by atoms with Crippen molar-refractivity contribution in [2.45, 2.75) is 38.1 Å². The summed E-state index contributed by atoms with van der Waals surface area (Å²) < 4.78 is 0. The van der Waals surface area contributed by atoms with Crippen LogP contribution in [0.15, 0.2) is 30.3 Å². The molecule has 94 valence electrons. The van der Waals surface area contributed by atoms with Crippen LogP contribution in [-0.2, 0) is 11.2 Å². The van der Waals surface area contributed by atoms with E-state index >= 15 is 0 Å². The van der Waals surface area contributed by atoms with Gasteiger partial charge in [0.2, 0.25) is 0 Å². The van der Waals surface area contributed by atoms with E-state index in [1.54, 1.807) is 0 Å². The summed E-state index contributed by atoms with van der Waals surface area (Å²) in [5, 5.41) is 0. The number of carbonyl (C=O) groups excluding carboxylic acids is 1. The summed E-state index contributed by atoms with van der Waals surface area (Å²) in [6.45, 7) is 0.672. The highest BCUT2D eigenvalue weighted by Gasteiger charge is 2.12. The van der Waals surface area contributed by atoms with Gasteiger partial charge in [-0.15, -0.1) is 0 Å². The summed E-state index contributed by atoms with van der Waals surface area (Å²) in [7, 11) is 0. The number of aryl methyl sites for hydroxylation is 1. The van der Waals surface area contributed by atoms with Gasteiger partial charge in [0, 0.05) is 6.42 Å². The first-order valence-electron chi connectivity index (χ1n) is 6.26. The van der Waals surface area contributed by atoms with Crippen LogP contribution in [0, 0.1) is 0 Å². The molecule has 0 fully saturated rings. The minimum atomic E-state index is -0.315. The van der Waals surface area contributed by atoms with Gasteiger partial charge in [0.05, 0.1) is 6.04 Å². The summed E-state index contributed by atoms with van der Waals surface area (Å²) in [5.41, 5.74) is 12.4. The number of Topliss-reactive ketones (excluding diaryl/α,β-unsaturated/α-hetero) is 1. The molecule has 4 N–H and O–H groups in total. The first-order valence-corrected chi connectivity index (χ1v) is 6.26. The maximum atomic E-state index is 11.8. The monoisotopic (exact) mass is 234 g/mol. The Hall–Kier alpha value is -1.19. The van der Waals surface area contributed by atoms with Gasteiger partial charge in [0.1, 0.15) is 5.78 Å². The van der Waals surface area contributed by atoms with Gasteiger partial charge < -0.3 is 11.5 Å². The predicted molar refractivity (Wildman–Crippen MR) is 70.7 cm³/mol. The molecule has 0 amide bonds. The molecule has 0 aliphatic carbocycles. The van der Waals surface area contributed by atoms with Crippen LogP contribution in [0.3, 0.4) is 0 Å². The second-order valence-corrected chi connectivity index (χ2v) is 4.34. The highest BCUT2D eigenvalue weighted by molar-refractivity contribution is 5.83. The van der Waals surface area contributed by atoms with Crippen LogP contribution in [0.1, 0.15) is 31.2 Å². The molecule has 1 unspecified atom stereocenters. The van der Waals surface area contributed by atoms with Crippen molar-refractivity contribution in [1.82, 2.24) is 0 Å². The number of benzene rings is 1. The van der Waals surface area contributed by atoms with Crippen molar-refractivity contribution < 1.29 is 4.79 Å². The second kappa shape index (κ2) is 7.98. The minimum absolute atomic E-state index is 0.158. The van der Waals surface area contributed by atoms with Crippen molar-refractivity contribution in [2.75, 3.05) is 6.54 Å². The number of carbonyl (C=O) groups is 1. The zero-order chi connectivity index (χ0) is 12.5. The normalized spacial score (nSPS) is 12.4. The summed E-state index contributed by atoms with van der Waals surface area (Å²) >= 11 is 0. The number of hydrogen-bond acceptors (Lipinski definition) is 3. The lowest BCUT2D eigenvalue weighted by molar-refractivity contribution is -0.120. The van der Waals surface area contributed by atoms with Crippen molar-refractivity contribution in [1.29, 1.82) is 0 Å². The van der Waals surface area contributed by atoms with Crippen molar-refractivity contribution in [2.24, 2.45) is 11.5 Å². The molecule has 0 aromatic heterocycles. The van der Waals surface area contributed by atoms with E-state index in [9.17, 15) is 4.79 Å². The number of unbranched alkanes of at least 4 members (excludes halogenated alkanes) is 1. The van der Waals surface area contributed by atoms with Crippen LogP contribution in [0.2, 0.25) is 0 Å². The number of nitrogens with two attached hydrogens (primary N) is 2. The molecule has 0 aliphatic rings. The van der Waals surface area contributed by atoms with E-state index < -0.39 is 0 Å². The van der Waals surface area contributed by atoms with Crippen LogP contribution in [-0.4, -0.2) is 18.4 Å². The van der Waals surface area contributed by atoms with E-state index in [4.69, 9.17) is 11.5 Å². The Labute approximate surface area is 103 Å². The standard InChI is InChI=1S/C14H22N2O/c15-11-5-4-8-13(16)14(17)10-9-12-6-2-1-3-7-12/h1-3,6-7,13H,4-5,8-11,15-16H2. The Bertz CT molecular complexity index is 324. The third-order valence-electron chi connectivity index (χ3n) is 2.89. The smallest absolute Gasteiger partial charge is 0.149 e. The fourth-order valence-corrected chi connectivity index (χ4v) is 1.77. The zero-order valence-corrected chi connectivity index (χ0v) is 10.3. The van der Waals surface area contributed by atoms with Crippen molar-refractivity contribution in [3.05, 3.63) is 35.9 Å².